The van der Waals surface area contributed by atoms with Gasteiger partial charge in [-0.3, -0.25) is 4.79 Å². The molecule has 1 fully saturated rings. The molecule has 13 heavy (non-hydrogen) atoms. The fourth-order valence-electron chi connectivity index (χ4n) is 1.50. The van der Waals surface area contributed by atoms with Crippen LogP contribution in [0.5, 0.6) is 0 Å². The molecular formula is C9H16O3S. The van der Waals surface area contributed by atoms with Crippen LogP contribution in [-0.2, 0) is 9.53 Å². The zero-order valence-electron chi connectivity index (χ0n) is 7.86. The van der Waals surface area contributed by atoms with E-state index in [0.717, 1.165) is 25.0 Å². The number of hydrogen-bond acceptors (Lipinski definition) is 4. The molecule has 1 N–H and O–H groups in total. The summed E-state index contributed by atoms with van der Waals surface area (Å²) in [6, 6.07) is 0. The van der Waals surface area contributed by atoms with Gasteiger partial charge in [0.1, 0.15) is 0 Å². The van der Waals surface area contributed by atoms with Gasteiger partial charge in [-0.1, -0.05) is 0 Å². The second kappa shape index (κ2) is 5.50. The highest BCUT2D eigenvalue weighted by atomic mass is 32.2. The first kappa shape index (κ1) is 10.9. The lowest BCUT2D eigenvalue weighted by Crippen LogP contribution is -2.16. The Labute approximate surface area is 82.8 Å². The van der Waals surface area contributed by atoms with E-state index < -0.39 is 0 Å². The van der Waals surface area contributed by atoms with Crippen LogP contribution in [0.15, 0.2) is 0 Å². The Morgan fingerprint density at radius 2 is 2.38 bits per heavy atom. The Hall–Kier alpha value is -0.220. The minimum atomic E-state index is -0.167. The highest BCUT2D eigenvalue weighted by molar-refractivity contribution is 7.99. The van der Waals surface area contributed by atoms with Gasteiger partial charge in [0.25, 0.3) is 0 Å². The van der Waals surface area contributed by atoms with E-state index in [0.29, 0.717) is 11.7 Å². The van der Waals surface area contributed by atoms with E-state index in [4.69, 9.17) is 0 Å². The Kier molecular flexibility index (Phi) is 4.59. The summed E-state index contributed by atoms with van der Waals surface area (Å²) in [5, 5.41) is 9.81. The summed E-state index contributed by atoms with van der Waals surface area (Å²) in [6.45, 7) is 0. The summed E-state index contributed by atoms with van der Waals surface area (Å²) >= 11 is 1.68. The molecule has 76 valence electrons. The molecule has 1 saturated carbocycles. The van der Waals surface area contributed by atoms with Crippen LogP contribution in [-0.4, -0.2) is 35.3 Å². The molecule has 0 bridgehead atoms. The number of carbonyl (C=O) groups is 1. The van der Waals surface area contributed by atoms with Crippen LogP contribution in [0.2, 0.25) is 0 Å². The molecule has 2 atom stereocenters. The first-order valence-electron chi connectivity index (χ1n) is 4.60. The number of aliphatic hydroxyl groups is 1. The summed E-state index contributed by atoms with van der Waals surface area (Å²) < 4.78 is 4.53. The fraction of sp³-hybridized carbons (Fsp3) is 0.889. The van der Waals surface area contributed by atoms with Crippen LogP contribution < -0.4 is 0 Å². The van der Waals surface area contributed by atoms with Crippen molar-refractivity contribution >= 4 is 17.7 Å². The highest BCUT2D eigenvalue weighted by Crippen LogP contribution is 2.30. The van der Waals surface area contributed by atoms with E-state index in [1.54, 1.807) is 11.8 Å². The largest absolute Gasteiger partial charge is 0.469 e. The summed E-state index contributed by atoms with van der Waals surface area (Å²) in [4.78, 5) is 10.8. The van der Waals surface area contributed by atoms with Gasteiger partial charge in [0.15, 0.2) is 0 Å². The van der Waals surface area contributed by atoms with E-state index in [1.807, 2.05) is 0 Å². The van der Waals surface area contributed by atoms with E-state index in [2.05, 4.69) is 4.74 Å². The third-order valence-electron chi connectivity index (χ3n) is 2.28. The number of rotatable bonds is 4. The molecule has 0 aromatic rings. The van der Waals surface area contributed by atoms with Crippen molar-refractivity contribution in [2.75, 3.05) is 12.9 Å². The molecule has 1 aliphatic carbocycles. The van der Waals surface area contributed by atoms with Crippen molar-refractivity contribution in [1.29, 1.82) is 0 Å². The molecule has 4 heteroatoms. The molecule has 0 aromatic heterocycles. The summed E-state index contributed by atoms with van der Waals surface area (Å²) in [5.74, 6) is 0.592. The van der Waals surface area contributed by atoms with Crippen LogP contribution in [0.25, 0.3) is 0 Å². The van der Waals surface area contributed by atoms with Crippen molar-refractivity contribution in [2.24, 2.45) is 0 Å². The Bertz CT molecular complexity index is 172. The smallest absolute Gasteiger partial charge is 0.306 e. The molecule has 0 saturated heterocycles. The second-order valence-corrected chi connectivity index (χ2v) is 4.58. The molecule has 0 radical (unpaired) electrons. The number of hydrogen-bond donors (Lipinski definition) is 1. The van der Waals surface area contributed by atoms with Gasteiger partial charge in [-0.2, -0.15) is 11.8 Å². The first-order chi connectivity index (χ1) is 6.24. The third kappa shape index (κ3) is 3.56. The number of ether oxygens (including phenoxy) is 1. The van der Waals surface area contributed by atoms with Gasteiger partial charge in [0.2, 0.25) is 0 Å². The Morgan fingerprint density at radius 3 is 2.92 bits per heavy atom. The van der Waals surface area contributed by atoms with Crippen molar-refractivity contribution < 1.29 is 14.6 Å². The van der Waals surface area contributed by atoms with Gasteiger partial charge in [0, 0.05) is 11.0 Å². The first-order valence-corrected chi connectivity index (χ1v) is 5.65. The normalized spacial score (nSPS) is 27.5. The van der Waals surface area contributed by atoms with Gasteiger partial charge in [-0.15, -0.1) is 0 Å². The summed E-state index contributed by atoms with van der Waals surface area (Å²) in [6.07, 6.45) is 3.38. The molecule has 0 aliphatic heterocycles. The van der Waals surface area contributed by atoms with E-state index in [-0.39, 0.29) is 12.1 Å². The number of esters is 1. The van der Waals surface area contributed by atoms with Gasteiger partial charge < -0.3 is 9.84 Å². The quantitative estimate of drug-likeness (QED) is 0.699. The fourth-order valence-corrected chi connectivity index (χ4v) is 2.78. The van der Waals surface area contributed by atoms with E-state index >= 15 is 0 Å². The van der Waals surface area contributed by atoms with Crippen LogP contribution >= 0.6 is 11.8 Å². The molecule has 0 spiro atoms. The van der Waals surface area contributed by atoms with E-state index in [1.165, 1.54) is 7.11 Å². The van der Waals surface area contributed by atoms with Crippen molar-refractivity contribution in [3.05, 3.63) is 0 Å². The summed E-state index contributed by atoms with van der Waals surface area (Å²) in [5.41, 5.74) is 0. The Morgan fingerprint density at radius 1 is 1.62 bits per heavy atom. The maximum absolute atomic E-state index is 10.8. The lowest BCUT2D eigenvalue weighted by Gasteiger charge is -2.12. The minimum absolute atomic E-state index is 0.164. The molecule has 1 rings (SSSR count). The molecule has 0 aromatic carbocycles. The monoisotopic (exact) mass is 204 g/mol. The second-order valence-electron chi connectivity index (χ2n) is 3.23. The SMILES string of the molecule is COC(=O)CCSC1CCCC1O. The third-order valence-corrected chi connectivity index (χ3v) is 3.70. The minimum Gasteiger partial charge on any atom is -0.469 e. The molecule has 2 unspecified atom stereocenters. The average molecular weight is 204 g/mol. The van der Waals surface area contributed by atoms with Crippen molar-refractivity contribution in [3.63, 3.8) is 0 Å². The van der Waals surface area contributed by atoms with Crippen LogP contribution in [0.3, 0.4) is 0 Å². The Balaban J connectivity index is 2.08. The zero-order valence-corrected chi connectivity index (χ0v) is 8.68. The lowest BCUT2D eigenvalue weighted by molar-refractivity contribution is -0.140. The van der Waals surface area contributed by atoms with Crippen LogP contribution in [0.1, 0.15) is 25.7 Å². The molecule has 0 heterocycles. The van der Waals surface area contributed by atoms with Crippen LogP contribution in [0, 0.1) is 0 Å². The van der Waals surface area contributed by atoms with Crippen molar-refractivity contribution in [3.8, 4) is 0 Å². The number of aliphatic hydroxyl groups excluding tert-OH is 1. The van der Waals surface area contributed by atoms with E-state index in [9.17, 15) is 9.90 Å². The maximum Gasteiger partial charge on any atom is 0.306 e. The predicted octanol–water partition coefficient (Wildman–Crippen LogP) is 1.20. The lowest BCUT2D eigenvalue weighted by atomic mass is 10.3. The molecule has 1 aliphatic rings. The average Bonchev–Trinajstić information content (AvgIpc) is 2.52. The van der Waals surface area contributed by atoms with Gasteiger partial charge in [-0.05, 0) is 19.3 Å². The van der Waals surface area contributed by atoms with Crippen LogP contribution in [0.4, 0.5) is 0 Å². The van der Waals surface area contributed by atoms with Gasteiger partial charge >= 0.3 is 5.97 Å². The number of methoxy groups -OCH3 is 1. The maximum atomic E-state index is 10.8. The van der Waals surface area contributed by atoms with Gasteiger partial charge in [0.05, 0.1) is 19.6 Å². The highest BCUT2D eigenvalue weighted by Gasteiger charge is 2.25. The van der Waals surface area contributed by atoms with Crippen molar-refractivity contribution in [1.82, 2.24) is 0 Å². The predicted molar refractivity (Wildman–Crippen MR) is 52.7 cm³/mol. The summed E-state index contributed by atoms with van der Waals surface area (Å²) in [7, 11) is 1.40. The molecular weight excluding hydrogens is 188 g/mol. The van der Waals surface area contributed by atoms with Crippen molar-refractivity contribution in [2.45, 2.75) is 37.0 Å². The number of carbonyl (C=O) groups excluding carboxylic acids is 1. The molecule has 0 amide bonds. The standard InChI is InChI=1S/C9H16O3S/c1-12-9(11)5-6-13-8-4-2-3-7(8)10/h7-8,10H,2-6H2,1H3. The zero-order chi connectivity index (χ0) is 9.68. The number of thioether (sulfide) groups is 1. The molecule has 3 nitrogen and oxygen atoms in total. The topological polar surface area (TPSA) is 46.5 Å². The van der Waals surface area contributed by atoms with Gasteiger partial charge in [-0.25, -0.2) is 0 Å².